The maximum atomic E-state index is 14.0. The van der Waals surface area contributed by atoms with E-state index >= 15 is 0 Å². The van der Waals surface area contributed by atoms with Crippen LogP contribution in [-0.4, -0.2) is 15.5 Å². The largest absolute Gasteiger partial charge is 0.496 e. The lowest BCUT2D eigenvalue weighted by atomic mass is 9.77. The molecular formula is C25H23FN2O3S. The van der Waals surface area contributed by atoms with Crippen molar-refractivity contribution in [2.24, 2.45) is 5.92 Å². The minimum Gasteiger partial charge on any atom is -0.496 e. The molecule has 164 valence electrons. The predicted octanol–water partition coefficient (Wildman–Crippen LogP) is 5.46. The van der Waals surface area contributed by atoms with Crippen LogP contribution >= 0.6 is 0 Å². The summed E-state index contributed by atoms with van der Waals surface area (Å²) < 4.78 is 47.9. The van der Waals surface area contributed by atoms with Gasteiger partial charge in [-0.05, 0) is 54.3 Å². The molecule has 3 aromatic rings. The van der Waals surface area contributed by atoms with E-state index in [9.17, 15) is 12.8 Å². The first kappa shape index (κ1) is 20.6. The van der Waals surface area contributed by atoms with Crippen LogP contribution < -0.4 is 14.8 Å². The molecule has 5 nitrogen and oxygen atoms in total. The quantitative estimate of drug-likeness (QED) is 0.507. The maximum Gasteiger partial charge on any atom is 0.261 e. The number of nitrogens with one attached hydrogen (secondary N) is 2. The molecule has 5 rings (SSSR count). The van der Waals surface area contributed by atoms with Gasteiger partial charge in [-0.2, -0.15) is 0 Å². The van der Waals surface area contributed by atoms with Gasteiger partial charge in [0.25, 0.3) is 10.0 Å². The van der Waals surface area contributed by atoms with E-state index in [1.165, 1.54) is 18.2 Å². The van der Waals surface area contributed by atoms with Crippen LogP contribution in [0.2, 0.25) is 0 Å². The number of hydrogen-bond donors (Lipinski definition) is 2. The van der Waals surface area contributed by atoms with E-state index in [-0.39, 0.29) is 28.5 Å². The summed E-state index contributed by atoms with van der Waals surface area (Å²) in [6.45, 7) is 0. The number of halogens is 1. The molecule has 0 amide bonds. The van der Waals surface area contributed by atoms with Crippen molar-refractivity contribution < 1.29 is 17.5 Å². The summed E-state index contributed by atoms with van der Waals surface area (Å²) >= 11 is 0. The molecule has 0 saturated carbocycles. The second kappa shape index (κ2) is 7.98. The Labute approximate surface area is 187 Å². The molecule has 0 spiro atoms. The number of ether oxygens (including phenoxy) is 1. The Kier molecular flexibility index (Phi) is 5.13. The number of methoxy groups -OCH3 is 1. The van der Waals surface area contributed by atoms with Crippen LogP contribution in [0.15, 0.2) is 83.8 Å². The minimum atomic E-state index is -3.94. The molecule has 0 aromatic heterocycles. The highest BCUT2D eigenvalue weighted by molar-refractivity contribution is 7.92. The molecule has 1 aliphatic carbocycles. The van der Waals surface area contributed by atoms with E-state index in [1.807, 2.05) is 18.2 Å². The molecule has 0 saturated heterocycles. The normalized spacial score (nSPS) is 21.4. The van der Waals surface area contributed by atoms with E-state index in [1.54, 1.807) is 31.4 Å². The Balaban J connectivity index is 1.51. The molecule has 2 aliphatic rings. The van der Waals surface area contributed by atoms with E-state index in [2.05, 4.69) is 28.3 Å². The molecule has 1 aliphatic heterocycles. The number of benzene rings is 3. The number of fused-ring (bicyclic) bond motifs is 3. The second-order valence-electron chi connectivity index (χ2n) is 8.05. The third kappa shape index (κ3) is 3.52. The van der Waals surface area contributed by atoms with Crippen molar-refractivity contribution in [1.29, 1.82) is 0 Å². The van der Waals surface area contributed by atoms with Gasteiger partial charge in [0.1, 0.15) is 11.6 Å². The Bertz CT molecular complexity index is 1310. The smallest absolute Gasteiger partial charge is 0.261 e. The van der Waals surface area contributed by atoms with Crippen LogP contribution in [0, 0.1) is 11.7 Å². The lowest BCUT2D eigenvalue weighted by Gasteiger charge is -2.38. The number of hydrogen-bond acceptors (Lipinski definition) is 4. The van der Waals surface area contributed by atoms with Gasteiger partial charge >= 0.3 is 0 Å². The van der Waals surface area contributed by atoms with Crippen molar-refractivity contribution in [3.8, 4) is 5.75 Å². The number of anilines is 2. The number of allylic oxidation sites excluding steroid dienone is 2. The van der Waals surface area contributed by atoms with Crippen molar-refractivity contribution in [3.63, 3.8) is 0 Å². The highest BCUT2D eigenvalue weighted by Gasteiger charge is 2.39. The summed E-state index contributed by atoms with van der Waals surface area (Å²) in [4.78, 5) is 0.107. The summed E-state index contributed by atoms with van der Waals surface area (Å²) in [7, 11) is -2.27. The van der Waals surface area contributed by atoms with E-state index in [0.717, 1.165) is 29.0 Å². The summed E-state index contributed by atoms with van der Waals surface area (Å²) in [6.07, 6.45) is 5.17. The molecule has 1 heterocycles. The molecule has 7 heteroatoms. The molecule has 0 unspecified atom stereocenters. The summed E-state index contributed by atoms with van der Waals surface area (Å²) in [5, 5.41) is 3.60. The minimum absolute atomic E-state index is 0.0395. The fraction of sp³-hybridized carbons (Fsp3) is 0.200. The van der Waals surface area contributed by atoms with Crippen molar-refractivity contribution in [1.82, 2.24) is 0 Å². The molecule has 0 bridgehead atoms. The molecule has 3 aromatic carbocycles. The highest BCUT2D eigenvalue weighted by Crippen LogP contribution is 2.51. The van der Waals surface area contributed by atoms with Gasteiger partial charge in [0.15, 0.2) is 0 Å². The highest BCUT2D eigenvalue weighted by atomic mass is 32.2. The molecule has 0 fully saturated rings. The summed E-state index contributed by atoms with van der Waals surface area (Å²) in [5.41, 5.74) is 2.82. The summed E-state index contributed by atoms with van der Waals surface area (Å²) in [5.74, 6) is 0.516. The maximum absolute atomic E-state index is 14.0. The lowest BCUT2D eigenvalue weighted by molar-refractivity contribution is 0.381. The van der Waals surface area contributed by atoms with E-state index in [4.69, 9.17) is 4.74 Å². The first-order valence-corrected chi connectivity index (χ1v) is 11.9. The fourth-order valence-electron chi connectivity index (χ4n) is 4.72. The Hall–Kier alpha value is -3.32. The molecule has 3 atom stereocenters. The standard InChI is InChI=1S/C25H23FN2O3S/c1-31-24-12-5-2-7-19(24)25-18-9-6-8-17(18)20-15-16(13-14-22(20)27-25)32(29,30)28-23-11-4-3-10-21(23)26/h2-8,10-15,17-18,25,27-28H,9H2,1H3/t17-,18+,25-/m0/s1. The van der Waals surface area contributed by atoms with Crippen molar-refractivity contribution in [3.05, 3.63) is 95.8 Å². The van der Waals surface area contributed by atoms with Crippen LogP contribution in [0.3, 0.4) is 0 Å². The van der Waals surface area contributed by atoms with E-state index < -0.39 is 15.8 Å². The average Bonchev–Trinajstić information content (AvgIpc) is 3.30. The predicted molar refractivity (Wildman–Crippen MR) is 123 cm³/mol. The molecule has 32 heavy (non-hydrogen) atoms. The Morgan fingerprint density at radius 2 is 1.81 bits per heavy atom. The zero-order chi connectivity index (χ0) is 22.3. The van der Waals surface area contributed by atoms with Crippen molar-refractivity contribution in [2.45, 2.75) is 23.3 Å². The zero-order valence-electron chi connectivity index (χ0n) is 17.5. The third-order valence-electron chi connectivity index (χ3n) is 6.24. The van der Waals surface area contributed by atoms with Crippen LogP contribution in [0.1, 0.15) is 29.5 Å². The molecule has 0 radical (unpaired) electrons. The summed E-state index contributed by atoms with van der Waals surface area (Å²) in [6, 6.07) is 18.8. The first-order chi connectivity index (χ1) is 15.5. The second-order valence-corrected chi connectivity index (χ2v) is 9.73. The van der Waals surface area contributed by atoms with Gasteiger partial charge in [-0.25, -0.2) is 12.8 Å². The van der Waals surface area contributed by atoms with Crippen molar-refractivity contribution >= 4 is 21.4 Å². The van der Waals surface area contributed by atoms with E-state index in [0.29, 0.717) is 0 Å². The third-order valence-corrected chi connectivity index (χ3v) is 7.60. The number of rotatable bonds is 5. The zero-order valence-corrected chi connectivity index (χ0v) is 18.3. The first-order valence-electron chi connectivity index (χ1n) is 10.5. The van der Waals surface area contributed by atoms with Crippen molar-refractivity contribution in [2.75, 3.05) is 17.1 Å². The van der Waals surface area contributed by atoms with Crippen LogP contribution in [-0.2, 0) is 10.0 Å². The van der Waals surface area contributed by atoms with Gasteiger partial charge in [-0.3, -0.25) is 4.72 Å². The fourth-order valence-corrected chi connectivity index (χ4v) is 5.82. The monoisotopic (exact) mass is 450 g/mol. The molecular weight excluding hydrogens is 427 g/mol. The van der Waals surface area contributed by atoms with Gasteiger partial charge in [0.2, 0.25) is 0 Å². The number of sulfonamides is 1. The van der Waals surface area contributed by atoms with Gasteiger partial charge in [0, 0.05) is 17.2 Å². The lowest BCUT2D eigenvalue weighted by Crippen LogP contribution is -2.29. The van der Waals surface area contributed by atoms with Crippen LogP contribution in [0.25, 0.3) is 0 Å². The Morgan fingerprint density at radius 3 is 2.62 bits per heavy atom. The average molecular weight is 451 g/mol. The van der Waals surface area contributed by atoms with Gasteiger partial charge < -0.3 is 10.1 Å². The topological polar surface area (TPSA) is 67.4 Å². The number of para-hydroxylation sites is 2. The van der Waals surface area contributed by atoms with Gasteiger partial charge in [0.05, 0.1) is 23.7 Å². The SMILES string of the molecule is COc1ccccc1[C@H]1Nc2ccc(S(=O)(=O)Nc3ccccc3F)cc2[C@H]2C=CC[C@H]21. The molecule has 2 N–H and O–H groups in total. The van der Waals surface area contributed by atoms with Crippen LogP contribution in [0.4, 0.5) is 15.8 Å². The van der Waals surface area contributed by atoms with Gasteiger partial charge in [-0.1, -0.05) is 42.5 Å². The van der Waals surface area contributed by atoms with Crippen LogP contribution in [0.5, 0.6) is 5.75 Å². The Morgan fingerprint density at radius 1 is 1.03 bits per heavy atom. The van der Waals surface area contributed by atoms with Gasteiger partial charge in [-0.15, -0.1) is 0 Å².